The first-order chi connectivity index (χ1) is 10.4. The van der Waals surface area contributed by atoms with Gasteiger partial charge in [-0.25, -0.2) is 9.18 Å². The van der Waals surface area contributed by atoms with Crippen molar-refractivity contribution < 1.29 is 14.3 Å². The van der Waals surface area contributed by atoms with Gasteiger partial charge >= 0.3 is 6.03 Å². The number of rotatable bonds is 4. The predicted octanol–water partition coefficient (Wildman–Crippen LogP) is 3.16. The Morgan fingerprint density at radius 3 is 2.86 bits per heavy atom. The molecule has 6 heteroatoms. The third kappa shape index (κ3) is 4.14. The van der Waals surface area contributed by atoms with Gasteiger partial charge in [0.25, 0.3) is 0 Å². The Balaban J connectivity index is 2.14. The van der Waals surface area contributed by atoms with Crippen LogP contribution in [0.2, 0.25) is 0 Å². The fourth-order valence-electron chi connectivity index (χ4n) is 2.56. The van der Waals surface area contributed by atoms with E-state index in [2.05, 4.69) is 5.32 Å². The second kappa shape index (κ2) is 7.33. The molecule has 2 atom stereocenters. The molecule has 0 spiro atoms. The number of benzene rings is 1. The van der Waals surface area contributed by atoms with Crippen molar-refractivity contribution in [2.75, 3.05) is 12.3 Å². The fraction of sp³-hybridized carbons (Fsp3) is 0.562. The minimum atomic E-state index is -0.584. The quantitative estimate of drug-likeness (QED) is 0.893. The highest BCUT2D eigenvalue weighted by atomic mass is 32.2. The van der Waals surface area contributed by atoms with E-state index < -0.39 is 6.10 Å². The van der Waals surface area contributed by atoms with Crippen molar-refractivity contribution in [1.82, 2.24) is 10.2 Å². The van der Waals surface area contributed by atoms with Gasteiger partial charge < -0.3 is 15.3 Å². The average Bonchev–Trinajstić information content (AvgIpc) is 2.44. The Labute approximate surface area is 135 Å². The third-order valence-corrected chi connectivity index (χ3v) is 4.78. The van der Waals surface area contributed by atoms with Crippen LogP contribution in [-0.2, 0) is 0 Å². The molecule has 22 heavy (non-hydrogen) atoms. The van der Waals surface area contributed by atoms with Crippen LogP contribution < -0.4 is 5.32 Å². The molecule has 0 aliphatic carbocycles. The van der Waals surface area contributed by atoms with Crippen molar-refractivity contribution in [2.45, 2.75) is 50.3 Å². The van der Waals surface area contributed by atoms with Gasteiger partial charge in [0.05, 0.1) is 12.1 Å². The van der Waals surface area contributed by atoms with E-state index in [-0.39, 0.29) is 30.5 Å². The van der Waals surface area contributed by atoms with Gasteiger partial charge in [0.2, 0.25) is 0 Å². The minimum absolute atomic E-state index is 0.0143. The summed E-state index contributed by atoms with van der Waals surface area (Å²) in [5.41, 5.74) is 0.838. The highest BCUT2D eigenvalue weighted by Gasteiger charge is 2.26. The second-order valence-electron chi connectivity index (χ2n) is 5.92. The standard InChI is InChI=1S/C16H23FN2O2S/c1-10(2)19(9-11(3)20)16(21)18-14-6-7-22-15-5-4-12(17)8-13(14)15/h4-5,8,10-11,14,20H,6-7,9H2,1-3H3,(H,18,21). The maximum atomic E-state index is 13.5. The normalized spacial score (nSPS) is 18.7. The summed E-state index contributed by atoms with van der Waals surface area (Å²) in [5, 5.41) is 12.5. The van der Waals surface area contributed by atoms with Crippen molar-refractivity contribution in [3.05, 3.63) is 29.6 Å². The van der Waals surface area contributed by atoms with E-state index in [9.17, 15) is 14.3 Å². The summed E-state index contributed by atoms with van der Waals surface area (Å²) in [5.74, 6) is 0.604. The van der Waals surface area contributed by atoms with Gasteiger partial charge in [0.1, 0.15) is 5.82 Å². The molecule has 4 nitrogen and oxygen atoms in total. The molecule has 0 fully saturated rings. The predicted molar refractivity (Wildman–Crippen MR) is 86.5 cm³/mol. The van der Waals surface area contributed by atoms with E-state index in [4.69, 9.17) is 0 Å². The minimum Gasteiger partial charge on any atom is -0.392 e. The van der Waals surface area contributed by atoms with Crippen LogP contribution >= 0.6 is 11.8 Å². The number of fused-ring (bicyclic) bond motifs is 1. The average molecular weight is 326 g/mol. The first kappa shape index (κ1) is 17.1. The molecule has 2 N–H and O–H groups in total. The molecule has 1 aromatic carbocycles. The number of urea groups is 1. The van der Waals surface area contributed by atoms with E-state index in [0.29, 0.717) is 0 Å². The van der Waals surface area contributed by atoms with E-state index in [0.717, 1.165) is 22.6 Å². The zero-order chi connectivity index (χ0) is 16.3. The molecule has 1 aromatic rings. The molecule has 2 rings (SSSR count). The van der Waals surface area contributed by atoms with Crippen molar-refractivity contribution in [3.63, 3.8) is 0 Å². The molecule has 1 aliphatic heterocycles. The van der Waals surface area contributed by atoms with Crippen LogP contribution in [0.1, 0.15) is 38.8 Å². The lowest BCUT2D eigenvalue weighted by Crippen LogP contribution is -2.48. The molecule has 1 heterocycles. The van der Waals surface area contributed by atoms with E-state index in [1.807, 2.05) is 13.8 Å². The molecule has 0 radical (unpaired) electrons. The zero-order valence-corrected chi connectivity index (χ0v) is 14.0. The third-order valence-electron chi connectivity index (χ3n) is 3.65. The van der Waals surface area contributed by atoms with Crippen molar-refractivity contribution in [1.29, 1.82) is 0 Å². The molecule has 0 saturated heterocycles. The number of carbonyl (C=O) groups is 1. The summed E-state index contributed by atoms with van der Waals surface area (Å²) in [4.78, 5) is 15.1. The summed E-state index contributed by atoms with van der Waals surface area (Å²) < 4.78 is 13.5. The van der Waals surface area contributed by atoms with Gasteiger partial charge in [0, 0.05) is 23.2 Å². The number of hydrogen-bond acceptors (Lipinski definition) is 3. The highest BCUT2D eigenvalue weighted by molar-refractivity contribution is 7.99. The molecule has 1 aliphatic rings. The van der Waals surface area contributed by atoms with Crippen LogP contribution in [0.5, 0.6) is 0 Å². The van der Waals surface area contributed by atoms with Crippen LogP contribution in [0, 0.1) is 5.82 Å². The maximum Gasteiger partial charge on any atom is 0.318 e. The number of nitrogens with one attached hydrogen (secondary N) is 1. The van der Waals surface area contributed by atoms with Crippen molar-refractivity contribution >= 4 is 17.8 Å². The van der Waals surface area contributed by atoms with Crippen LogP contribution in [0.25, 0.3) is 0 Å². The topological polar surface area (TPSA) is 52.6 Å². The largest absolute Gasteiger partial charge is 0.392 e. The van der Waals surface area contributed by atoms with Crippen molar-refractivity contribution in [3.8, 4) is 0 Å². The fourth-order valence-corrected chi connectivity index (χ4v) is 3.67. The number of hydrogen-bond donors (Lipinski definition) is 2. The smallest absolute Gasteiger partial charge is 0.318 e. The van der Waals surface area contributed by atoms with Crippen LogP contribution in [0.3, 0.4) is 0 Å². The lowest BCUT2D eigenvalue weighted by Gasteiger charge is -2.32. The number of halogens is 1. The summed E-state index contributed by atoms with van der Waals surface area (Å²) in [6, 6.07) is 4.30. The number of carbonyl (C=O) groups excluding carboxylic acids is 1. The number of amides is 2. The molecule has 0 bridgehead atoms. The summed E-state index contributed by atoms with van der Waals surface area (Å²) in [7, 11) is 0. The monoisotopic (exact) mass is 326 g/mol. The Kier molecular flexibility index (Phi) is 5.69. The van der Waals surface area contributed by atoms with Gasteiger partial charge in [-0.3, -0.25) is 0 Å². The first-order valence-corrected chi connectivity index (χ1v) is 8.54. The lowest BCUT2D eigenvalue weighted by molar-refractivity contribution is 0.117. The van der Waals surface area contributed by atoms with E-state index in [1.54, 1.807) is 29.7 Å². The number of aliphatic hydroxyl groups is 1. The molecule has 0 aromatic heterocycles. The Morgan fingerprint density at radius 2 is 2.23 bits per heavy atom. The lowest BCUT2D eigenvalue weighted by atomic mass is 10.0. The summed E-state index contributed by atoms with van der Waals surface area (Å²) in [6.07, 6.45) is 0.188. The number of thioether (sulfide) groups is 1. The van der Waals surface area contributed by atoms with Gasteiger partial charge in [-0.2, -0.15) is 0 Å². The molecular weight excluding hydrogens is 303 g/mol. The van der Waals surface area contributed by atoms with Gasteiger partial charge in [0.15, 0.2) is 0 Å². The number of aliphatic hydroxyl groups excluding tert-OH is 1. The second-order valence-corrected chi connectivity index (χ2v) is 7.05. The van der Waals surface area contributed by atoms with Gasteiger partial charge in [-0.15, -0.1) is 11.8 Å². The number of nitrogens with zero attached hydrogens (tertiary/aromatic N) is 1. The Bertz CT molecular complexity index is 537. The highest BCUT2D eigenvalue weighted by Crippen LogP contribution is 2.36. The molecule has 122 valence electrons. The van der Waals surface area contributed by atoms with Gasteiger partial charge in [-0.05, 0) is 51.0 Å². The summed E-state index contributed by atoms with van der Waals surface area (Å²) >= 11 is 1.68. The Hall–Kier alpha value is -1.27. The SMILES string of the molecule is CC(O)CN(C(=O)NC1CCSc2ccc(F)cc21)C(C)C. The molecule has 2 unspecified atom stereocenters. The maximum absolute atomic E-state index is 13.5. The zero-order valence-electron chi connectivity index (χ0n) is 13.2. The van der Waals surface area contributed by atoms with Gasteiger partial charge in [-0.1, -0.05) is 0 Å². The summed E-state index contributed by atoms with van der Waals surface area (Å²) in [6.45, 7) is 5.75. The molecular formula is C16H23FN2O2S. The van der Waals surface area contributed by atoms with Crippen LogP contribution in [-0.4, -0.2) is 40.5 Å². The van der Waals surface area contributed by atoms with E-state index in [1.165, 1.54) is 12.1 Å². The van der Waals surface area contributed by atoms with E-state index >= 15 is 0 Å². The Morgan fingerprint density at radius 1 is 1.50 bits per heavy atom. The molecule has 0 saturated carbocycles. The first-order valence-electron chi connectivity index (χ1n) is 7.56. The molecule has 2 amide bonds. The van der Waals surface area contributed by atoms with Crippen LogP contribution in [0.15, 0.2) is 23.1 Å². The van der Waals surface area contributed by atoms with Crippen molar-refractivity contribution in [2.24, 2.45) is 0 Å². The van der Waals surface area contributed by atoms with Crippen LogP contribution in [0.4, 0.5) is 9.18 Å².